The van der Waals surface area contributed by atoms with E-state index in [9.17, 15) is 9.59 Å². The van der Waals surface area contributed by atoms with Crippen LogP contribution >= 0.6 is 0 Å². The van der Waals surface area contributed by atoms with Gasteiger partial charge in [0.15, 0.2) is 23.9 Å². The van der Waals surface area contributed by atoms with Crippen LogP contribution in [0.25, 0.3) is 6.08 Å². The lowest BCUT2D eigenvalue weighted by molar-refractivity contribution is -0.136. The van der Waals surface area contributed by atoms with Gasteiger partial charge in [-0.2, -0.15) is 0 Å². The van der Waals surface area contributed by atoms with Crippen molar-refractivity contribution in [1.29, 1.82) is 0 Å². The molecule has 6 heteroatoms. The number of carbonyl (C=O) groups is 2. The smallest absolute Gasteiger partial charge is 0.331 e. The normalized spacial score (nSPS) is 10.6. The molecule has 0 saturated heterocycles. The van der Waals surface area contributed by atoms with Crippen molar-refractivity contribution in [2.45, 2.75) is 19.8 Å². The monoisotopic (exact) mass is 398 g/mol. The molecule has 0 atom stereocenters. The van der Waals surface area contributed by atoms with E-state index in [1.54, 1.807) is 30.3 Å². The van der Waals surface area contributed by atoms with Gasteiger partial charge in [0.25, 0.3) is 0 Å². The molecule has 0 radical (unpaired) electrons. The average Bonchev–Trinajstić information content (AvgIpc) is 2.75. The lowest BCUT2D eigenvalue weighted by Crippen LogP contribution is -2.12. The second-order valence-electron chi connectivity index (χ2n) is 6.27. The predicted molar refractivity (Wildman–Crippen MR) is 111 cm³/mol. The van der Waals surface area contributed by atoms with Gasteiger partial charge in [-0.05, 0) is 35.8 Å². The van der Waals surface area contributed by atoms with E-state index in [4.69, 9.17) is 18.9 Å². The molecule has 0 fully saturated rings. The highest BCUT2D eigenvalue weighted by molar-refractivity contribution is 5.99. The molecule has 0 aliphatic heterocycles. The quantitative estimate of drug-likeness (QED) is 0.341. The standard InChI is InChI=1S/C23H26O6/c1-5-6-16-7-10-18(11-8-16)19(24)15-29-22(25)12-9-17-13-20(26-2)23(28-4)21(14-17)27-3/h7-14H,5-6,15H2,1-4H3/b12-9+. The van der Waals surface area contributed by atoms with E-state index >= 15 is 0 Å². The Morgan fingerprint density at radius 1 is 0.931 bits per heavy atom. The van der Waals surface area contributed by atoms with E-state index < -0.39 is 5.97 Å². The van der Waals surface area contributed by atoms with Crippen LogP contribution in [0.15, 0.2) is 42.5 Å². The summed E-state index contributed by atoms with van der Waals surface area (Å²) in [6, 6.07) is 10.8. The molecule has 154 valence electrons. The van der Waals surface area contributed by atoms with E-state index in [1.165, 1.54) is 33.0 Å². The summed E-state index contributed by atoms with van der Waals surface area (Å²) in [7, 11) is 4.54. The summed E-state index contributed by atoms with van der Waals surface area (Å²) >= 11 is 0. The van der Waals surface area contributed by atoms with Crippen LogP contribution in [-0.4, -0.2) is 39.7 Å². The van der Waals surface area contributed by atoms with Gasteiger partial charge in [-0.3, -0.25) is 4.79 Å². The molecular weight excluding hydrogens is 372 g/mol. The maximum atomic E-state index is 12.2. The van der Waals surface area contributed by atoms with Crippen molar-refractivity contribution < 1.29 is 28.5 Å². The Bertz CT molecular complexity index is 842. The van der Waals surface area contributed by atoms with Crippen LogP contribution < -0.4 is 14.2 Å². The summed E-state index contributed by atoms with van der Waals surface area (Å²) in [6.45, 7) is 1.79. The Labute approximate surface area is 171 Å². The summed E-state index contributed by atoms with van der Waals surface area (Å²) in [4.78, 5) is 24.2. The minimum atomic E-state index is -0.616. The molecule has 0 aliphatic carbocycles. The molecule has 2 rings (SSSR count). The van der Waals surface area contributed by atoms with Gasteiger partial charge in [-0.25, -0.2) is 4.79 Å². The van der Waals surface area contributed by atoms with E-state index in [1.807, 2.05) is 12.1 Å². The lowest BCUT2D eigenvalue weighted by Gasteiger charge is -2.12. The third kappa shape index (κ3) is 6.10. The van der Waals surface area contributed by atoms with Gasteiger partial charge >= 0.3 is 5.97 Å². The molecule has 2 aromatic rings. The molecule has 0 heterocycles. The number of Topliss-reactive ketones (excluding diaryl/α,β-unsaturated/α-hetero) is 1. The van der Waals surface area contributed by atoms with Crippen molar-refractivity contribution in [3.8, 4) is 17.2 Å². The fraction of sp³-hybridized carbons (Fsp3) is 0.304. The number of methoxy groups -OCH3 is 3. The summed E-state index contributed by atoms with van der Waals surface area (Å²) in [5.74, 6) is 0.547. The molecule has 0 aliphatic rings. The fourth-order valence-corrected chi connectivity index (χ4v) is 2.78. The van der Waals surface area contributed by atoms with Crippen LogP contribution in [0.4, 0.5) is 0 Å². The second kappa shape index (κ2) is 10.9. The first-order chi connectivity index (χ1) is 14.0. The van der Waals surface area contributed by atoms with Gasteiger partial charge in [0.1, 0.15) is 0 Å². The number of hydrogen-bond donors (Lipinski definition) is 0. The first kappa shape index (κ1) is 22.0. The highest BCUT2D eigenvalue weighted by Crippen LogP contribution is 2.38. The number of ether oxygens (including phenoxy) is 4. The lowest BCUT2D eigenvalue weighted by atomic mass is 10.1. The van der Waals surface area contributed by atoms with Crippen LogP contribution in [0.3, 0.4) is 0 Å². The Morgan fingerprint density at radius 2 is 1.55 bits per heavy atom. The summed E-state index contributed by atoms with van der Waals surface area (Å²) in [6.07, 6.45) is 4.81. The number of rotatable bonds is 10. The Kier molecular flexibility index (Phi) is 8.27. The van der Waals surface area contributed by atoms with Gasteiger partial charge in [0, 0.05) is 11.6 Å². The van der Waals surface area contributed by atoms with E-state index in [0.29, 0.717) is 28.4 Å². The first-order valence-corrected chi connectivity index (χ1v) is 9.29. The minimum absolute atomic E-state index is 0.248. The highest BCUT2D eigenvalue weighted by Gasteiger charge is 2.13. The van der Waals surface area contributed by atoms with Crippen molar-refractivity contribution in [1.82, 2.24) is 0 Å². The summed E-state index contributed by atoms with van der Waals surface area (Å²) < 4.78 is 20.9. The van der Waals surface area contributed by atoms with Crippen molar-refractivity contribution in [3.05, 3.63) is 59.2 Å². The number of benzene rings is 2. The minimum Gasteiger partial charge on any atom is -0.493 e. The number of esters is 1. The van der Waals surface area contributed by atoms with Crippen molar-refractivity contribution >= 4 is 17.8 Å². The van der Waals surface area contributed by atoms with Crippen LogP contribution in [-0.2, 0) is 16.0 Å². The van der Waals surface area contributed by atoms with Crippen molar-refractivity contribution in [2.24, 2.45) is 0 Å². The van der Waals surface area contributed by atoms with Crippen LogP contribution in [0.5, 0.6) is 17.2 Å². The molecular formula is C23H26O6. The van der Waals surface area contributed by atoms with Crippen LogP contribution in [0.1, 0.15) is 34.8 Å². The maximum absolute atomic E-state index is 12.2. The fourth-order valence-electron chi connectivity index (χ4n) is 2.78. The highest BCUT2D eigenvalue weighted by atomic mass is 16.5. The zero-order chi connectivity index (χ0) is 21.2. The summed E-state index contributed by atoms with van der Waals surface area (Å²) in [5.41, 5.74) is 2.36. The largest absolute Gasteiger partial charge is 0.493 e. The Hall–Kier alpha value is -3.28. The predicted octanol–water partition coefficient (Wildman–Crippen LogP) is 4.10. The first-order valence-electron chi connectivity index (χ1n) is 9.29. The number of ketones is 1. The molecule has 0 saturated carbocycles. The average molecular weight is 398 g/mol. The van der Waals surface area contributed by atoms with Crippen molar-refractivity contribution in [2.75, 3.05) is 27.9 Å². The molecule has 2 aromatic carbocycles. The third-order valence-corrected chi connectivity index (χ3v) is 4.26. The third-order valence-electron chi connectivity index (χ3n) is 4.26. The van der Waals surface area contributed by atoms with Gasteiger partial charge < -0.3 is 18.9 Å². The molecule has 0 aromatic heterocycles. The maximum Gasteiger partial charge on any atom is 0.331 e. The molecule has 0 spiro atoms. The number of carbonyl (C=O) groups excluding carboxylic acids is 2. The van der Waals surface area contributed by atoms with Gasteiger partial charge in [0.2, 0.25) is 5.75 Å². The molecule has 29 heavy (non-hydrogen) atoms. The van der Waals surface area contributed by atoms with Crippen molar-refractivity contribution in [3.63, 3.8) is 0 Å². The van der Waals surface area contributed by atoms with Gasteiger partial charge in [0.05, 0.1) is 21.3 Å². The van der Waals surface area contributed by atoms with E-state index in [0.717, 1.165) is 12.8 Å². The molecule has 0 N–H and O–H groups in total. The van der Waals surface area contributed by atoms with Gasteiger partial charge in [-0.1, -0.05) is 37.6 Å². The van der Waals surface area contributed by atoms with Crippen LogP contribution in [0, 0.1) is 0 Å². The van der Waals surface area contributed by atoms with E-state index in [2.05, 4.69) is 6.92 Å². The molecule has 0 bridgehead atoms. The topological polar surface area (TPSA) is 71.1 Å². The number of hydrogen-bond acceptors (Lipinski definition) is 6. The molecule has 6 nitrogen and oxygen atoms in total. The number of aryl methyl sites for hydroxylation is 1. The molecule has 0 unspecified atom stereocenters. The SMILES string of the molecule is CCCc1ccc(C(=O)COC(=O)/C=C/c2cc(OC)c(OC)c(OC)c2)cc1. The Balaban J connectivity index is 1.98. The Morgan fingerprint density at radius 3 is 2.07 bits per heavy atom. The van der Waals surface area contributed by atoms with Crippen LogP contribution in [0.2, 0.25) is 0 Å². The van der Waals surface area contributed by atoms with Gasteiger partial charge in [-0.15, -0.1) is 0 Å². The zero-order valence-electron chi connectivity index (χ0n) is 17.2. The zero-order valence-corrected chi connectivity index (χ0v) is 17.2. The molecule has 0 amide bonds. The van der Waals surface area contributed by atoms with E-state index in [-0.39, 0.29) is 12.4 Å². The summed E-state index contributed by atoms with van der Waals surface area (Å²) in [5, 5.41) is 0. The second-order valence-corrected chi connectivity index (χ2v) is 6.27.